The first-order valence-corrected chi connectivity index (χ1v) is 13.9. The Hall–Kier alpha value is -4.40. The highest BCUT2D eigenvalue weighted by molar-refractivity contribution is 6.39. The van der Waals surface area contributed by atoms with E-state index in [0.717, 1.165) is 0 Å². The molecule has 0 spiro atoms. The summed E-state index contributed by atoms with van der Waals surface area (Å²) < 4.78 is 19.7. The van der Waals surface area contributed by atoms with Crippen molar-refractivity contribution in [2.24, 2.45) is 0 Å². The highest BCUT2D eigenvalue weighted by Crippen LogP contribution is 2.49. The molecule has 2 amide bonds. The number of nitrogens with zero attached hydrogens (tertiary/aromatic N) is 1. The zero-order chi connectivity index (χ0) is 30.1. The number of ether oxygens (including phenoxy) is 3. The molecule has 3 aliphatic heterocycles. The summed E-state index contributed by atoms with van der Waals surface area (Å²) in [6.45, 7) is 3.11. The lowest BCUT2D eigenvalue weighted by atomic mass is 9.96. The third-order valence-electron chi connectivity index (χ3n) is 8.93. The maximum Gasteiger partial charge on any atom is 0.259 e. The van der Waals surface area contributed by atoms with E-state index in [0.29, 0.717) is 61.5 Å². The number of hydrogen-bond acceptors (Lipinski definition) is 10. The number of fused-ring (bicyclic) bond motifs is 11. The molecule has 7 N–H and O–H groups in total. The average Bonchev–Trinajstić information content (AvgIpc) is 3.69. The number of phenols is 1. The molecule has 222 valence electrons. The number of carbonyl (C=O) groups is 2. The lowest BCUT2D eigenvalue weighted by Crippen LogP contribution is -2.56. The lowest BCUT2D eigenvalue weighted by molar-refractivity contribution is -0.249. The second-order valence-electron chi connectivity index (χ2n) is 11.5. The lowest BCUT2D eigenvalue weighted by Gasteiger charge is -2.41. The SMILES string of the molecule is CCC1(C)Oc2cc3[nH]c4c(c5c(c6c7cc(O)ccc7n(C7OC(CO)C(O)C(O)C7O)c46)C(=O)NC5=O)c3cc2O1. The van der Waals surface area contributed by atoms with Crippen molar-refractivity contribution < 1.29 is 49.3 Å². The predicted molar refractivity (Wildman–Crippen MR) is 151 cm³/mol. The summed E-state index contributed by atoms with van der Waals surface area (Å²) in [5, 5.41) is 56.8. The minimum absolute atomic E-state index is 0.0726. The molecule has 3 aliphatic rings. The van der Waals surface area contributed by atoms with E-state index in [1.54, 1.807) is 22.8 Å². The molecular formula is C30H27N3O10. The topological polar surface area (TPSA) is 196 Å². The summed E-state index contributed by atoms with van der Waals surface area (Å²) in [5.41, 5.74) is 1.91. The minimum atomic E-state index is -1.68. The molecule has 1 saturated heterocycles. The zero-order valence-corrected chi connectivity index (χ0v) is 22.9. The number of H-pyrrole nitrogens is 1. The quantitative estimate of drug-likeness (QED) is 0.153. The molecule has 8 rings (SSSR count). The van der Waals surface area contributed by atoms with Gasteiger partial charge in [-0.25, -0.2) is 0 Å². The van der Waals surface area contributed by atoms with Gasteiger partial charge < -0.3 is 49.3 Å². The molecule has 0 saturated carbocycles. The predicted octanol–water partition coefficient (Wildman–Crippen LogP) is 1.89. The van der Waals surface area contributed by atoms with E-state index in [9.17, 15) is 35.1 Å². The normalized spacial score (nSPS) is 28.5. The molecule has 3 aromatic carbocycles. The van der Waals surface area contributed by atoms with Gasteiger partial charge in [-0.05, 0) is 24.3 Å². The van der Waals surface area contributed by atoms with E-state index in [2.05, 4.69) is 10.3 Å². The van der Waals surface area contributed by atoms with Crippen LogP contribution in [-0.2, 0) is 4.74 Å². The fraction of sp³-hybridized carbons (Fsp3) is 0.333. The van der Waals surface area contributed by atoms with E-state index in [4.69, 9.17) is 14.2 Å². The second-order valence-corrected chi connectivity index (χ2v) is 11.5. The highest BCUT2D eigenvalue weighted by atomic mass is 16.7. The molecule has 43 heavy (non-hydrogen) atoms. The van der Waals surface area contributed by atoms with Crippen molar-refractivity contribution in [2.45, 2.75) is 56.7 Å². The van der Waals surface area contributed by atoms with Gasteiger partial charge in [0.25, 0.3) is 11.8 Å². The molecule has 0 bridgehead atoms. The van der Waals surface area contributed by atoms with Crippen LogP contribution < -0.4 is 14.8 Å². The largest absolute Gasteiger partial charge is 0.508 e. The van der Waals surface area contributed by atoms with Crippen LogP contribution in [0.5, 0.6) is 17.2 Å². The first-order chi connectivity index (χ1) is 20.5. The van der Waals surface area contributed by atoms with Crippen molar-refractivity contribution in [3.63, 3.8) is 0 Å². The van der Waals surface area contributed by atoms with Gasteiger partial charge in [-0.1, -0.05) is 6.92 Å². The summed E-state index contributed by atoms with van der Waals surface area (Å²) in [6, 6.07) is 7.91. The van der Waals surface area contributed by atoms with Gasteiger partial charge in [0.1, 0.15) is 30.2 Å². The number of nitrogens with one attached hydrogen (secondary N) is 2. The third-order valence-corrected chi connectivity index (χ3v) is 8.93. The van der Waals surface area contributed by atoms with Gasteiger partial charge in [-0.15, -0.1) is 0 Å². The van der Waals surface area contributed by atoms with Crippen molar-refractivity contribution in [2.75, 3.05) is 6.61 Å². The first kappa shape index (κ1) is 26.2. The van der Waals surface area contributed by atoms with Crippen molar-refractivity contribution in [3.05, 3.63) is 41.5 Å². The minimum Gasteiger partial charge on any atom is -0.508 e. The molecule has 5 aromatic rings. The molecule has 0 radical (unpaired) electrons. The van der Waals surface area contributed by atoms with Crippen LogP contribution in [0, 0.1) is 0 Å². The van der Waals surface area contributed by atoms with Crippen molar-refractivity contribution in [1.29, 1.82) is 0 Å². The van der Waals surface area contributed by atoms with Gasteiger partial charge in [0.2, 0.25) is 5.79 Å². The Labute approximate surface area is 241 Å². The number of hydrogen-bond donors (Lipinski definition) is 7. The number of rotatable bonds is 3. The third kappa shape index (κ3) is 3.33. The van der Waals surface area contributed by atoms with Crippen molar-refractivity contribution in [1.82, 2.24) is 14.9 Å². The molecule has 6 atom stereocenters. The fourth-order valence-corrected chi connectivity index (χ4v) is 6.72. The molecule has 6 unspecified atom stereocenters. The van der Waals surface area contributed by atoms with Gasteiger partial charge in [0.15, 0.2) is 17.7 Å². The van der Waals surface area contributed by atoms with Gasteiger partial charge in [-0.3, -0.25) is 14.9 Å². The van der Waals surface area contributed by atoms with E-state index < -0.39 is 54.9 Å². The summed E-state index contributed by atoms with van der Waals surface area (Å²) >= 11 is 0. The van der Waals surface area contributed by atoms with Crippen LogP contribution >= 0.6 is 0 Å². The monoisotopic (exact) mass is 589 g/mol. The van der Waals surface area contributed by atoms with Crippen molar-refractivity contribution in [3.8, 4) is 17.2 Å². The molecule has 2 aromatic heterocycles. The number of imide groups is 1. The molecular weight excluding hydrogens is 562 g/mol. The number of carbonyl (C=O) groups excluding carboxylic acids is 2. The second kappa shape index (κ2) is 8.58. The number of aliphatic hydroxyl groups excluding tert-OH is 4. The zero-order valence-electron chi connectivity index (χ0n) is 22.9. The number of phenolic OH excluding ortho intramolecular Hbond substituents is 1. The van der Waals surface area contributed by atoms with Crippen LogP contribution in [0.4, 0.5) is 0 Å². The first-order valence-electron chi connectivity index (χ1n) is 13.9. The number of aromatic amines is 1. The Morgan fingerprint density at radius 2 is 1.63 bits per heavy atom. The Morgan fingerprint density at radius 1 is 0.930 bits per heavy atom. The van der Waals surface area contributed by atoms with Crippen LogP contribution in [-0.4, -0.2) is 83.7 Å². The Bertz CT molecular complexity index is 2060. The molecule has 1 fully saturated rings. The average molecular weight is 590 g/mol. The smallest absolute Gasteiger partial charge is 0.259 e. The summed E-state index contributed by atoms with van der Waals surface area (Å²) in [5.74, 6) is -1.25. The van der Waals surface area contributed by atoms with Crippen LogP contribution in [0.1, 0.15) is 47.2 Å². The van der Waals surface area contributed by atoms with Gasteiger partial charge in [-0.2, -0.15) is 0 Å². The van der Waals surface area contributed by atoms with Crippen LogP contribution in [0.15, 0.2) is 30.3 Å². The summed E-state index contributed by atoms with van der Waals surface area (Å²) in [6.07, 6.45) is -6.92. The van der Waals surface area contributed by atoms with Gasteiger partial charge >= 0.3 is 0 Å². The van der Waals surface area contributed by atoms with E-state index in [1.807, 2.05) is 13.8 Å². The fourth-order valence-electron chi connectivity index (χ4n) is 6.72. The maximum absolute atomic E-state index is 13.4. The number of aromatic hydroxyl groups is 1. The highest BCUT2D eigenvalue weighted by Gasteiger charge is 2.46. The number of amides is 2. The van der Waals surface area contributed by atoms with Crippen LogP contribution in [0.3, 0.4) is 0 Å². The molecule has 13 heteroatoms. The van der Waals surface area contributed by atoms with E-state index >= 15 is 0 Å². The Kier molecular flexibility index (Phi) is 5.24. The van der Waals surface area contributed by atoms with Gasteiger partial charge in [0.05, 0.1) is 39.8 Å². The van der Waals surface area contributed by atoms with Gasteiger partial charge in [0, 0.05) is 41.0 Å². The Morgan fingerprint density at radius 3 is 2.33 bits per heavy atom. The molecule has 0 aliphatic carbocycles. The maximum atomic E-state index is 13.4. The summed E-state index contributed by atoms with van der Waals surface area (Å²) in [4.78, 5) is 30.2. The van der Waals surface area contributed by atoms with Crippen LogP contribution in [0.25, 0.3) is 43.6 Å². The van der Waals surface area contributed by atoms with Crippen molar-refractivity contribution >= 4 is 55.4 Å². The molecule has 13 nitrogen and oxygen atoms in total. The Balaban J connectivity index is 1.54. The van der Waals surface area contributed by atoms with E-state index in [1.165, 1.54) is 12.1 Å². The number of aromatic nitrogens is 2. The molecule has 5 heterocycles. The van der Waals surface area contributed by atoms with Crippen LogP contribution in [0.2, 0.25) is 0 Å². The summed E-state index contributed by atoms with van der Waals surface area (Å²) in [7, 11) is 0. The number of benzene rings is 3. The standard InChI is InChI=1S/C30H27N3O10/c1-3-30(2)42-15-7-11-13(8-16(15)43-30)31-22-18(11)20-21(28(40)32-27(20)39)19-12-6-10(35)4-5-14(12)33(23(19)22)29-26(38)25(37)24(36)17(9-34)41-29/h4-8,17,24-26,29,31,34-38H,3,9H2,1-2H3,(H,32,39,40). The number of aliphatic hydroxyl groups is 4. The van der Waals surface area contributed by atoms with E-state index in [-0.39, 0.29) is 16.9 Å².